The smallest absolute Gasteiger partial charge is 0.244 e. The van der Waals surface area contributed by atoms with Crippen molar-refractivity contribution in [3.8, 4) is 0 Å². The first-order chi connectivity index (χ1) is 8.65. The highest BCUT2D eigenvalue weighted by Crippen LogP contribution is 2.08. The van der Waals surface area contributed by atoms with E-state index in [-0.39, 0.29) is 11.9 Å². The molecule has 0 fully saturated rings. The van der Waals surface area contributed by atoms with E-state index >= 15 is 0 Å². The van der Waals surface area contributed by atoms with Gasteiger partial charge in [-0.25, -0.2) is 0 Å². The molecule has 0 radical (unpaired) electrons. The van der Waals surface area contributed by atoms with Gasteiger partial charge in [-0.15, -0.1) is 10.2 Å². The summed E-state index contributed by atoms with van der Waals surface area (Å²) in [4.78, 5) is 11.6. The molecule has 2 aromatic rings. The van der Waals surface area contributed by atoms with Gasteiger partial charge in [-0.1, -0.05) is 5.21 Å². The van der Waals surface area contributed by atoms with Crippen molar-refractivity contribution >= 4 is 12.0 Å². The van der Waals surface area contributed by atoms with Crippen molar-refractivity contribution in [1.29, 1.82) is 0 Å². The highest BCUT2D eigenvalue weighted by molar-refractivity contribution is 5.91. The molecule has 18 heavy (non-hydrogen) atoms. The number of aromatic amines is 1. The van der Waals surface area contributed by atoms with Crippen LogP contribution in [0.2, 0.25) is 0 Å². The van der Waals surface area contributed by atoms with Gasteiger partial charge >= 0.3 is 0 Å². The lowest BCUT2D eigenvalue weighted by atomic mass is 10.3. The normalized spacial score (nSPS) is 12.8. The number of hydrogen-bond acceptors (Lipinski definition) is 5. The van der Waals surface area contributed by atoms with Crippen LogP contribution in [0.1, 0.15) is 30.3 Å². The molecule has 0 aromatic carbocycles. The van der Waals surface area contributed by atoms with Gasteiger partial charge in [-0.05, 0) is 32.1 Å². The van der Waals surface area contributed by atoms with Crippen molar-refractivity contribution in [3.05, 3.63) is 35.6 Å². The molecule has 1 unspecified atom stereocenters. The molecule has 0 saturated heterocycles. The predicted molar refractivity (Wildman–Crippen MR) is 63.2 cm³/mol. The van der Waals surface area contributed by atoms with E-state index in [1.165, 1.54) is 6.08 Å². The molecule has 2 rings (SSSR count). The van der Waals surface area contributed by atoms with Gasteiger partial charge < -0.3 is 9.73 Å². The van der Waals surface area contributed by atoms with Crippen LogP contribution in [-0.4, -0.2) is 26.5 Å². The first-order valence-corrected chi connectivity index (χ1v) is 5.43. The van der Waals surface area contributed by atoms with Crippen molar-refractivity contribution in [2.45, 2.75) is 19.9 Å². The van der Waals surface area contributed by atoms with E-state index in [1.54, 1.807) is 19.1 Å². The van der Waals surface area contributed by atoms with E-state index in [0.717, 1.165) is 5.76 Å². The van der Waals surface area contributed by atoms with Gasteiger partial charge in [0.15, 0.2) is 5.82 Å². The molecular formula is C11H13N5O2. The van der Waals surface area contributed by atoms with Gasteiger partial charge in [0.1, 0.15) is 11.5 Å². The molecule has 2 aromatic heterocycles. The van der Waals surface area contributed by atoms with Crippen LogP contribution < -0.4 is 5.32 Å². The summed E-state index contributed by atoms with van der Waals surface area (Å²) in [5.74, 6) is 1.62. The third-order valence-electron chi connectivity index (χ3n) is 2.27. The Labute approximate surface area is 103 Å². The third kappa shape index (κ3) is 3.03. The van der Waals surface area contributed by atoms with E-state index in [9.17, 15) is 4.79 Å². The van der Waals surface area contributed by atoms with Crippen LogP contribution in [0.5, 0.6) is 0 Å². The zero-order valence-corrected chi connectivity index (χ0v) is 10.0. The number of furan rings is 1. The zero-order chi connectivity index (χ0) is 13.0. The second kappa shape index (κ2) is 5.26. The van der Waals surface area contributed by atoms with Crippen LogP contribution in [0.3, 0.4) is 0 Å². The number of nitrogens with zero attached hydrogens (tertiary/aromatic N) is 3. The fourth-order valence-electron chi connectivity index (χ4n) is 1.38. The summed E-state index contributed by atoms with van der Waals surface area (Å²) in [7, 11) is 0. The molecular weight excluding hydrogens is 234 g/mol. The summed E-state index contributed by atoms with van der Waals surface area (Å²) in [5.41, 5.74) is 0. The van der Waals surface area contributed by atoms with Crippen molar-refractivity contribution in [1.82, 2.24) is 25.9 Å². The first kappa shape index (κ1) is 12.0. The molecule has 2 N–H and O–H groups in total. The van der Waals surface area contributed by atoms with Crippen LogP contribution >= 0.6 is 0 Å². The number of carbonyl (C=O) groups excluding carboxylic acids is 1. The van der Waals surface area contributed by atoms with E-state index in [0.29, 0.717) is 11.6 Å². The van der Waals surface area contributed by atoms with Crippen LogP contribution in [0.4, 0.5) is 0 Å². The Kier molecular flexibility index (Phi) is 3.52. The fraction of sp³-hybridized carbons (Fsp3) is 0.273. The van der Waals surface area contributed by atoms with E-state index < -0.39 is 0 Å². The van der Waals surface area contributed by atoms with E-state index in [4.69, 9.17) is 4.42 Å². The maximum Gasteiger partial charge on any atom is 0.244 e. The summed E-state index contributed by atoms with van der Waals surface area (Å²) >= 11 is 0. The number of H-pyrrole nitrogens is 1. The van der Waals surface area contributed by atoms with Crippen molar-refractivity contribution in [2.24, 2.45) is 0 Å². The number of aromatic nitrogens is 4. The fourth-order valence-corrected chi connectivity index (χ4v) is 1.38. The lowest BCUT2D eigenvalue weighted by Gasteiger charge is -2.06. The second-order valence-electron chi connectivity index (χ2n) is 3.78. The molecule has 7 nitrogen and oxygen atoms in total. The minimum absolute atomic E-state index is 0.249. The average molecular weight is 247 g/mol. The minimum atomic E-state index is -0.306. The van der Waals surface area contributed by atoms with Crippen molar-refractivity contribution in [2.75, 3.05) is 0 Å². The van der Waals surface area contributed by atoms with Gasteiger partial charge in [-0.3, -0.25) is 4.79 Å². The van der Waals surface area contributed by atoms with Crippen LogP contribution in [0.25, 0.3) is 6.08 Å². The molecule has 2 heterocycles. The molecule has 0 saturated carbocycles. The standard InChI is InChI=1S/C11H13N5O2/c1-7-3-4-9(18-7)5-6-10(17)12-8(2)11-13-15-16-14-11/h3-6,8H,1-2H3,(H,12,17)(H,13,14,15,16). The van der Waals surface area contributed by atoms with Crippen molar-refractivity contribution in [3.63, 3.8) is 0 Å². The average Bonchev–Trinajstić information content (AvgIpc) is 2.97. The number of rotatable bonds is 4. The molecule has 0 aliphatic carbocycles. The van der Waals surface area contributed by atoms with Gasteiger partial charge in [-0.2, -0.15) is 5.21 Å². The molecule has 7 heteroatoms. The Hall–Kier alpha value is -2.44. The number of hydrogen-bond donors (Lipinski definition) is 2. The Bertz CT molecular complexity index is 544. The lowest BCUT2D eigenvalue weighted by Crippen LogP contribution is -2.25. The minimum Gasteiger partial charge on any atom is -0.462 e. The summed E-state index contributed by atoms with van der Waals surface area (Å²) in [6, 6.07) is 3.32. The highest BCUT2D eigenvalue weighted by atomic mass is 16.3. The molecule has 0 aliphatic heterocycles. The maximum atomic E-state index is 11.6. The molecule has 0 spiro atoms. The van der Waals surface area contributed by atoms with E-state index in [1.807, 2.05) is 13.0 Å². The summed E-state index contributed by atoms with van der Waals surface area (Å²) in [6.45, 7) is 3.61. The maximum absolute atomic E-state index is 11.6. The summed E-state index contributed by atoms with van der Waals surface area (Å²) < 4.78 is 5.30. The topological polar surface area (TPSA) is 96.7 Å². The van der Waals surface area contributed by atoms with E-state index in [2.05, 4.69) is 25.9 Å². The Morgan fingerprint density at radius 2 is 2.39 bits per heavy atom. The zero-order valence-electron chi connectivity index (χ0n) is 10.0. The molecule has 1 amide bonds. The summed E-state index contributed by atoms with van der Waals surface area (Å²) in [6.07, 6.45) is 3.00. The third-order valence-corrected chi connectivity index (χ3v) is 2.27. The predicted octanol–water partition coefficient (Wildman–Crippen LogP) is 0.992. The van der Waals surface area contributed by atoms with Crippen LogP contribution in [0.15, 0.2) is 22.6 Å². The Balaban J connectivity index is 1.91. The number of carbonyl (C=O) groups is 1. The van der Waals surface area contributed by atoms with Crippen LogP contribution in [-0.2, 0) is 4.79 Å². The number of tetrazole rings is 1. The molecule has 94 valence electrons. The molecule has 1 atom stereocenters. The number of nitrogens with one attached hydrogen (secondary N) is 2. The van der Waals surface area contributed by atoms with Gasteiger partial charge in [0.25, 0.3) is 0 Å². The molecule has 0 aliphatic rings. The Morgan fingerprint density at radius 1 is 1.56 bits per heavy atom. The number of amides is 1. The lowest BCUT2D eigenvalue weighted by molar-refractivity contribution is -0.117. The quantitative estimate of drug-likeness (QED) is 0.785. The van der Waals surface area contributed by atoms with Crippen molar-refractivity contribution < 1.29 is 9.21 Å². The SMILES string of the molecule is Cc1ccc(C=CC(=O)NC(C)c2nn[nH]n2)o1. The summed E-state index contributed by atoms with van der Waals surface area (Å²) in [5, 5.41) is 16.0. The Morgan fingerprint density at radius 3 is 3.00 bits per heavy atom. The monoisotopic (exact) mass is 247 g/mol. The van der Waals surface area contributed by atoms with Gasteiger partial charge in [0, 0.05) is 6.08 Å². The first-order valence-electron chi connectivity index (χ1n) is 5.43. The largest absolute Gasteiger partial charge is 0.462 e. The van der Waals surface area contributed by atoms with Crippen LogP contribution in [0, 0.1) is 6.92 Å². The second-order valence-corrected chi connectivity index (χ2v) is 3.78. The highest BCUT2D eigenvalue weighted by Gasteiger charge is 2.11. The molecule has 0 bridgehead atoms. The van der Waals surface area contributed by atoms with Gasteiger partial charge in [0.05, 0.1) is 6.04 Å². The number of aryl methyl sites for hydroxylation is 1. The van der Waals surface area contributed by atoms with Gasteiger partial charge in [0.2, 0.25) is 5.91 Å².